The van der Waals surface area contributed by atoms with Crippen molar-refractivity contribution in [2.24, 2.45) is 0 Å². The highest BCUT2D eigenvalue weighted by Gasteiger charge is 2.35. The lowest BCUT2D eigenvalue weighted by molar-refractivity contribution is -0.119. The maximum Gasteiger partial charge on any atom is 0.250 e. The summed E-state index contributed by atoms with van der Waals surface area (Å²) in [5.74, 6) is -0.172. The van der Waals surface area contributed by atoms with Crippen LogP contribution >= 0.6 is 0 Å². The zero-order chi connectivity index (χ0) is 18.7. The molecule has 3 rings (SSSR count). The van der Waals surface area contributed by atoms with Crippen molar-refractivity contribution in [3.63, 3.8) is 0 Å². The van der Waals surface area contributed by atoms with Crippen LogP contribution in [0.25, 0.3) is 0 Å². The van der Waals surface area contributed by atoms with Crippen molar-refractivity contribution in [1.82, 2.24) is 0 Å². The fourth-order valence-corrected chi connectivity index (χ4v) is 4.77. The molecule has 0 radical (unpaired) electrons. The lowest BCUT2D eigenvalue weighted by Gasteiger charge is -2.36. The lowest BCUT2D eigenvalue weighted by Crippen LogP contribution is -2.52. The number of hydrogen-bond donors (Lipinski definition) is 0. The Balaban J connectivity index is 2.01. The molecular formula is C20H24N2O3S. The summed E-state index contributed by atoms with van der Waals surface area (Å²) in [4.78, 5) is 15.1. The van der Waals surface area contributed by atoms with Crippen LogP contribution in [0.4, 0.5) is 11.4 Å². The Hall–Kier alpha value is -2.34. The maximum atomic E-state index is 13.4. The number of nitrogens with zero attached hydrogens (tertiary/aromatic N) is 2. The van der Waals surface area contributed by atoms with Crippen LogP contribution in [0.15, 0.2) is 54.6 Å². The molecule has 1 atom stereocenters. The fraction of sp³-hybridized carbons (Fsp3) is 0.350. The molecule has 1 aliphatic heterocycles. The quantitative estimate of drug-likeness (QED) is 0.810. The van der Waals surface area contributed by atoms with Gasteiger partial charge in [0.1, 0.15) is 6.04 Å². The molecule has 2 aromatic carbocycles. The molecular weight excluding hydrogens is 348 g/mol. The van der Waals surface area contributed by atoms with E-state index < -0.39 is 16.1 Å². The van der Waals surface area contributed by atoms with Gasteiger partial charge in [-0.15, -0.1) is 0 Å². The molecule has 1 amide bonds. The number of anilines is 2. The molecule has 2 aromatic rings. The van der Waals surface area contributed by atoms with Crippen LogP contribution in [0, 0.1) is 0 Å². The van der Waals surface area contributed by atoms with E-state index in [4.69, 9.17) is 0 Å². The minimum Gasteiger partial charge on any atom is -0.310 e. The highest BCUT2D eigenvalue weighted by molar-refractivity contribution is 7.92. The first-order chi connectivity index (χ1) is 12.4. The van der Waals surface area contributed by atoms with E-state index in [1.54, 1.807) is 29.2 Å². The Bertz CT molecular complexity index is 881. The lowest BCUT2D eigenvalue weighted by atomic mass is 10.0. The molecule has 1 heterocycles. The normalized spacial score (nSPS) is 15.2. The second kappa shape index (κ2) is 7.50. The first-order valence-corrected chi connectivity index (χ1v) is 10.7. The highest BCUT2D eigenvalue weighted by Crippen LogP contribution is 2.30. The fourth-order valence-electron chi connectivity index (χ4n) is 3.56. The van der Waals surface area contributed by atoms with E-state index in [2.05, 4.69) is 0 Å². The van der Waals surface area contributed by atoms with Gasteiger partial charge < -0.3 is 4.90 Å². The van der Waals surface area contributed by atoms with Crippen molar-refractivity contribution < 1.29 is 13.2 Å². The minimum atomic E-state index is -3.60. The largest absolute Gasteiger partial charge is 0.310 e. The topological polar surface area (TPSA) is 57.7 Å². The van der Waals surface area contributed by atoms with Gasteiger partial charge in [-0.3, -0.25) is 9.10 Å². The molecule has 5 nitrogen and oxygen atoms in total. The van der Waals surface area contributed by atoms with E-state index in [-0.39, 0.29) is 5.91 Å². The third-order valence-corrected chi connectivity index (χ3v) is 5.88. The van der Waals surface area contributed by atoms with E-state index in [0.717, 1.165) is 30.3 Å². The number of fused-ring (bicyclic) bond motifs is 1. The van der Waals surface area contributed by atoms with Crippen LogP contribution in [0.3, 0.4) is 0 Å². The average Bonchev–Trinajstić information content (AvgIpc) is 2.64. The molecule has 0 bridgehead atoms. The van der Waals surface area contributed by atoms with Crippen molar-refractivity contribution >= 4 is 27.3 Å². The number of hydrogen-bond acceptors (Lipinski definition) is 3. The number of carbonyl (C=O) groups excluding carboxylic acids is 1. The number of rotatable bonds is 5. The van der Waals surface area contributed by atoms with E-state index >= 15 is 0 Å². The molecule has 0 unspecified atom stereocenters. The number of carbonyl (C=O) groups is 1. The van der Waals surface area contributed by atoms with Gasteiger partial charge in [0.15, 0.2) is 0 Å². The average molecular weight is 372 g/mol. The van der Waals surface area contributed by atoms with Crippen LogP contribution < -0.4 is 9.21 Å². The highest BCUT2D eigenvalue weighted by atomic mass is 32.2. The predicted octanol–water partition coefficient (Wildman–Crippen LogP) is 3.21. The van der Waals surface area contributed by atoms with Crippen molar-refractivity contribution in [2.45, 2.75) is 32.2 Å². The summed E-state index contributed by atoms with van der Waals surface area (Å²) in [6.07, 6.45) is 3.37. The van der Waals surface area contributed by atoms with Crippen molar-refractivity contribution in [3.05, 3.63) is 60.2 Å². The summed E-state index contributed by atoms with van der Waals surface area (Å²) in [6, 6.07) is 15.9. The second-order valence-corrected chi connectivity index (χ2v) is 8.40. The van der Waals surface area contributed by atoms with E-state index in [9.17, 15) is 13.2 Å². The Kier molecular flexibility index (Phi) is 5.32. The molecule has 0 aliphatic carbocycles. The Labute approximate surface area is 155 Å². The van der Waals surface area contributed by atoms with Gasteiger partial charge >= 0.3 is 0 Å². The summed E-state index contributed by atoms with van der Waals surface area (Å²) >= 11 is 0. The van der Waals surface area contributed by atoms with E-state index in [1.807, 2.05) is 37.3 Å². The van der Waals surface area contributed by atoms with Gasteiger partial charge in [0.2, 0.25) is 10.0 Å². The summed E-state index contributed by atoms with van der Waals surface area (Å²) in [5.41, 5.74) is 2.54. The summed E-state index contributed by atoms with van der Waals surface area (Å²) in [5, 5.41) is 0. The standard InChI is InChI=1S/C20H24N2O3S/c1-3-18(22(26(2,24)25)17-12-5-4-6-13-17)20(23)21-15-9-11-16-10-7-8-14-19(16)21/h4-8,10,12-14,18H,3,9,11,15H2,1-2H3/t18-/m1/s1. The Morgan fingerprint density at radius 3 is 2.42 bits per heavy atom. The molecule has 138 valence electrons. The van der Waals surface area contributed by atoms with Crippen LogP contribution in [0.1, 0.15) is 25.3 Å². The number of amides is 1. The molecule has 0 fully saturated rings. The third kappa shape index (κ3) is 3.60. The van der Waals surface area contributed by atoms with Gasteiger partial charge in [-0.25, -0.2) is 8.42 Å². The third-order valence-electron chi connectivity index (χ3n) is 4.70. The van der Waals surface area contributed by atoms with Gasteiger partial charge in [0.25, 0.3) is 5.91 Å². The van der Waals surface area contributed by atoms with Crippen molar-refractivity contribution in [2.75, 3.05) is 22.0 Å². The molecule has 0 saturated carbocycles. The van der Waals surface area contributed by atoms with Gasteiger partial charge in [-0.2, -0.15) is 0 Å². The van der Waals surface area contributed by atoms with E-state index in [1.165, 1.54) is 4.31 Å². The monoisotopic (exact) mass is 372 g/mol. The molecule has 0 N–H and O–H groups in total. The van der Waals surface area contributed by atoms with Crippen LogP contribution in [0.5, 0.6) is 0 Å². The van der Waals surface area contributed by atoms with Crippen LogP contribution in [0.2, 0.25) is 0 Å². The summed E-state index contributed by atoms with van der Waals surface area (Å²) in [7, 11) is -3.60. The number of para-hydroxylation sites is 2. The zero-order valence-electron chi connectivity index (χ0n) is 15.1. The second-order valence-electron chi connectivity index (χ2n) is 6.54. The minimum absolute atomic E-state index is 0.172. The molecule has 1 aliphatic rings. The van der Waals surface area contributed by atoms with Gasteiger partial charge in [0.05, 0.1) is 11.9 Å². The predicted molar refractivity (Wildman–Crippen MR) is 105 cm³/mol. The Morgan fingerprint density at radius 1 is 1.12 bits per heavy atom. The SMILES string of the molecule is CC[C@H](C(=O)N1CCCc2ccccc21)N(c1ccccc1)S(C)(=O)=O. The van der Waals surface area contributed by atoms with Crippen molar-refractivity contribution in [1.29, 1.82) is 0 Å². The van der Waals surface area contributed by atoms with Crippen LogP contribution in [-0.4, -0.2) is 33.2 Å². The van der Waals surface area contributed by atoms with Gasteiger partial charge in [-0.05, 0) is 43.0 Å². The molecule has 0 spiro atoms. The number of sulfonamides is 1. The smallest absolute Gasteiger partial charge is 0.250 e. The first kappa shape index (κ1) is 18.5. The number of benzene rings is 2. The molecule has 6 heteroatoms. The van der Waals surface area contributed by atoms with Crippen molar-refractivity contribution in [3.8, 4) is 0 Å². The molecule has 0 saturated heterocycles. The van der Waals surface area contributed by atoms with Gasteiger partial charge in [0, 0.05) is 12.2 Å². The molecule has 26 heavy (non-hydrogen) atoms. The van der Waals surface area contributed by atoms with E-state index in [0.29, 0.717) is 18.7 Å². The summed E-state index contributed by atoms with van der Waals surface area (Å²) < 4.78 is 26.3. The summed E-state index contributed by atoms with van der Waals surface area (Å²) in [6.45, 7) is 2.46. The molecule has 0 aromatic heterocycles. The van der Waals surface area contributed by atoms with Crippen LogP contribution in [-0.2, 0) is 21.2 Å². The number of aryl methyl sites for hydroxylation is 1. The Morgan fingerprint density at radius 2 is 1.77 bits per heavy atom. The maximum absolute atomic E-state index is 13.4. The van der Waals surface area contributed by atoms with Gasteiger partial charge in [-0.1, -0.05) is 43.3 Å². The zero-order valence-corrected chi connectivity index (χ0v) is 15.9. The first-order valence-electron chi connectivity index (χ1n) is 8.87.